The Kier molecular flexibility index (Phi) is 6.10. The van der Waals surface area contributed by atoms with Crippen molar-refractivity contribution in [1.82, 2.24) is 9.78 Å². The topological polar surface area (TPSA) is 29.9 Å². The van der Waals surface area contributed by atoms with Gasteiger partial charge in [-0.25, -0.2) is 13.5 Å². The summed E-state index contributed by atoms with van der Waals surface area (Å²) >= 11 is 0. The predicted molar refractivity (Wildman–Crippen MR) is 101 cm³/mol. The van der Waals surface area contributed by atoms with E-state index < -0.39 is 41.5 Å². The predicted octanol–water partition coefficient (Wildman–Crippen LogP) is 6.45. The Morgan fingerprint density at radius 3 is 2.13 bits per heavy atom. The molecule has 164 valence electrons. The summed E-state index contributed by atoms with van der Waals surface area (Å²) in [6.45, 7) is 2.97. The lowest BCUT2D eigenvalue weighted by molar-refractivity contribution is -0.142. The van der Waals surface area contributed by atoms with Crippen LogP contribution in [0.4, 0.5) is 36.4 Å². The maximum Gasteiger partial charge on any atom is 0.433 e. The molecule has 1 heterocycles. The summed E-state index contributed by atoms with van der Waals surface area (Å²) < 4.78 is 96.0. The number of allylic oxidation sites excluding steroid dienone is 1. The van der Waals surface area contributed by atoms with Crippen molar-refractivity contribution in [3.63, 3.8) is 0 Å². The molecule has 0 unspecified atom stereocenters. The minimum atomic E-state index is -4.92. The van der Waals surface area contributed by atoms with Gasteiger partial charge < -0.3 is 5.32 Å². The summed E-state index contributed by atoms with van der Waals surface area (Å²) in [7, 11) is 0. The van der Waals surface area contributed by atoms with Crippen molar-refractivity contribution in [2.45, 2.75) is 25.1 Å². The molecule has 0 aliphatic heterocycles. The van der Waals surface area contributed by atoms with Crippen molar-refractivity contribution in [2.75, 3.05) is 5.32 Å². The van der Waals surface area contributed by atoms with Gasteiger partial charge in [0, 0.05) is 24.2 Å². The van der Waals surface area contributed by atoms with Crippen LogP contribution in [0.2, 0.25) is 0 Å². The van der Waals surface area contributed by atoms with Crippen LogP contribution in [0.3, 0.4) is 0 Å². The minimum Gasteiger partial charge on any atom is -0.381 e. The van der Waals surface area contributed by atoms with Crippen LogP contribution in [-0.2, 0) is 18.6 Å². The van der Waals surface area contributed by atoms with E-state index in [0.717, 1.165) is 18.2 Å². The van der Waals surface area contributed by atoms with Gasteiger partial charge in [0.25, 0.3) is 5.92 Å². The molecule has 0 atom stereocenters. The molecule has 0 aliphatic carbocycles. The van der Waals surface area contributed by atoms with Crippen molar-refractivity contribution in [2.24, 2.45) is 0 Å². The van der Waals surface area contributed by atoms with E-state index >= 15 is 0 Å². The highest BCUT2D eigenvalue weighted by Crippen LogP contribution is 2.37. The number of halogens is 7. The van der Waals surface area contributed by atoms with E-state index in [2.05, 4.69) is 17.0 Å². The summed E-state index contributed by atoms with van der Waals surface area (Å²) in [6, 6.07) is 8.84. The van der Waals surface area contributed by atoms with Gasteiger partial charge in [-0.15, -0.1) is 6.58 Å². The van der Waals surface area contributed by atoms with Gasteiger partial charge in [-0.3, -0.25) is 0 Å². The molecule has 0 aliphatic rings. The molecule has 0 amide bonds. The van der Waals surface area contributed by atoms with Crippen LogP contribution >= 0.6 is 0 Å². The van der Waals surface area contributed by atoms with E-state index in [-0.39, 0.29) is 17.8 Å². The lowest BCUT2D eigenvalue weighted by atomic mass is 10.1. The second-order valence-electron chi connectivity index (χ2n) is 6.62. The number of anilines is 1. The standard InChI is InChI=1S/C21H16F7N3/c1-2-10-20(24,25)18-11-19(21(26,27)28)31(30-18)14-8-6-13(7-9-14)29-12-15-16(22)4-3-5-17(15)23/h2-9,11,29H,1,10,12H2. The highest BCUT2D eigenvalue weighted by molar-refractivity contribution is 5.49. The maximum absolute atomic E-state index is 14.1. The molecule has 0 saturated heterocycles. The number of benzene rings is 2. The Bertz CT molecular complexity index is 1050. The van der Waals surface area contributed by atoms with Crippen LogP contribution in [0.25, 0.3) is 5.69 Å². The molecule has 2 aromatic carbocycles. The van der Waals surface area contributed by atoms with Crippen LogP contribution in [-0.4, -0.2) is 9.78 Å². The first-order valence-electron chi connectivity index (χ1n) is 8.96. The van der Waals surface area contributed by atoms with Gasteiger partial charge in [-0.1, -0.05) is 12.1 Å². The van der Waals surface area contributed by atoms with Gasteiger partial charge in [-0.05, 0) is 42.5 Å². The van der Waals surface area contributed by atoms with Gasteiger partial charge in [0.2, 0.25) is 0 Å². The average molecular weight is 443 g/mol. The van der Waals surface area contributed by atoms with E-state index in [0.29, 0.717) is 16.4 Å². The van der Waals surface area contributed by atoms with Crippen LogP contribution in [0.1, 0.15) is 23.4 Å². The Hall–Kier alpha value is -3.30. The molecule has 0 spiro atoms. The third-order valence-corrected chi connectivity index (χ3v) is 4.42. The van der Waals surface area contributed by atoms with E-state index in [4.69, 9.17) is 0 Å². The lowest BCUT2D eigenvalue weighted by Crippen LogP contribution is -2.14. The Labute approximate surface area is 172 Å². The van der Waals surface area contributed by atoms with E-state index in [1.807, 2.05) is 0 Å². The van der Waals surface area contributed by atoms with Crippen molar-refractivity contribution in [3.05, 3.63) is 89.8 Å². The SMILES string of the molecule is C=CCC(F)(F)c1cc(C(F)(F)F)n(-c2ccc(NCc3c(F)cccc3F)cc2)n1. The van der Waals surface area contributed by atoms with E-state index in [1.165, 1.54) is 30.3 Å². The van der Waals surface area contributed by atoms with Crippen molar-refractivity contribution < 1.29 is 30.7 Å². The molecule has 3 rings (SSSR count). The Morgan fingerprint density at radius 2 is 1.58 bits per heavy atom. The van der Waals surface area contributed by atoms with Crippen molar-refractivity contribution in [1.29, 1.82) is 0 Å². The molecule has 1 N–H and O–H groups in total. The number of alkyl halides is 5. The fourth-order valence-corrected chi connectivity index (χ4v) is 2.86. The fourth-order valence-electron chi connectivity index (χ4n) is 2.86. The van der Waals surface area contributed by atoms with Crippen LogP contribution in [0.15, 0.2) is 61.2 Å². The number of rotatable bonds is 7. The molecule has 31 heavy (non-hydrogen) atoms. The largest absolute Gasteiger partial charge is 0.433 e. The lowest BCUT2D eigenvalue weighted by Gasteiger charge is -2.12. The quantitative estimate of drug-likeness (QED) is 0.336. The molecular formula is C21H16F7N3. The van der Waals surface area contributed by atoms with Gasteiger partial charge >= 0.3 is 6.18 Å². The zero-order chi connectivity index (χ0) is 22.8. The third-order valence-electron chi connectivity index (χ3n) is 4.42. The highest BCUT2D eigenvalue weighted by atomic mass is 19.4. The number of nitrogens with zero attached hydrogens (tertiary/aromatic N) is 2. The fraction of sp³-hybridized carbons (Fsp3) is 0.190. The molecule has 0 fully saturated rings. The molecule has 0 bridgehead atoms. The zero-order valence-corrected chi connectivity index (χ0v) is 15.9. The van der Waals surface area contributed by atoms with Crippen molar-refractivity contribution in [3.8, 4) is 5.69 Å². The maximum atomic E-state index is 14.1. The number of aromatic nitrogens is 2. The summed E-state index contributed by atoms with van der Waals surface area (Å²) in [5.41, 5.74) is -2.36. The zero-order valence-electron chi connectivity index (χ0n) is 15.9. The van der Waals surface area contributed by atoms with Crippen LogP contribution in [0.5, 0.6) is 0 Å². The minimum absolute atomic E-state index is 0.115. The first kappa shape index (κ1) is 22.4. The summed E-state index contributed by atoms with van der Waals surface area (Å²) in [4.78, 5) is 0. The highest BCUT2D eigenvalue weighted by Gasteiger charge is 2.41. The second-order valence-corrected chi connectivity index (χ2v) is 6.62. The third kappa shape index (κ3) is 4.89. The van der Waals surface area contributed by atoms with Crippen LogP contribution in [0, 0.1) is 11.6 Å². The molecule has 3 aromatic rings. The Balaban J connectivity index is 1.88. The average Bonchev–Trinajstić information content (AvgIpc) is 3.15. The monoisotopic (exact) mass is 443 g/mol. The summed E-state index contributed by atoms with van der Waals surface area (Å²) in [5, 5.41) is 6.21. The van der Waals surface area contributed by atoms with Gasteiger partial charge in [0.05, 0.1) is 5.69 Å². The normalized spacial score (nSPS) is 12.1. The molecular weight excluding hydrogens is 427 g/mol. The summed E-state index contributed by atoms with van der Waals surface area (Å²) in [6.07, 6.45) is -4.89. The van der Waals surface area contributed by atoms with Gasteiger partial charge in [0.1, 0.15) is 23.0 Å². The number of hydrogen-bond acceptors (Lipinski definition) is 2. The second kappa shape index (κ2) is 8.44. The number of hydrogen-bond donors (Lipinski definition) is 1. The smallest absolute Gasteiger partial charge is 0.381 e. The van der Waals surface area contributed by atoms with Gasteiger partial charge in [0.15, 0.2) is 0 Å². The molecule has 3 nitrogen and oxygen atoms in total. The first-order valence-corrected chi connectivity index (χ1v) is 8.96. The van der Waals surface area contributed by atoms with Gasteiger partial charge in [-0.2, -0.15) is 27.1 Å². The molecule has 0 radical (unpaired) electrons. The van der Waals surface area contributed by atoms with Crippen molar-refractivity contribution >= 4 is 5.69 Å². The molecule has 1 aromatic heterocycles. The molecule has 0 saturated carbocycles. The molecule has 10 heteroatoms. The van der Waals surface area contributed by atoms with Crippen LogP contribution < -0.4 is 5.32 Å². The van der Waals surface area contributed by atoms with E-state index in [9.17, 15) is 30.7 Å². The Morgan fingerprint density at radius 1 is 0.968 bits per heavy atom. The summed E-state index contributed by atoms with van der Waals surface area (Å²) in [5.74, 6) is -5.11. The first-order chi connectivity index (χ1) is 14.5. The number of nitrogens with one attached hydrogen (secondary N) is 1. The van der Waals surface area contributed by atoms with E-state index in [1.54, 1.807) is 0 Å².